The van der Waals surface area contributed by atoms with E-state index in [1.807, 2.05) is 24.3 Å². The van der Waals surface area contributed by atoms with E-state index in [2.05, 4.69) is 10.6 Å². The third kappa shape index (κ3) is 4.03. The van der Waals surface area contributed by atoms with E-state index >= 15 is 0 Å². The molecule has 3 N–H and O–H groups in total. The Morgan fingerprint density at radius 1 is 1.43 bits per heavy atom. The Morgan fingerprint density at radius 3 is 2.81 bits per heavy atom. The van der Waals surface area contributed by atoms with Crippen molar-refractivity contribution in [3.05, 3.63) is 35.4 Å². The molecule has 1 amide bonds. The molecule has 0 aliphatic carbocycles. The molecule has 0 bridgehead atoms. The average molecular weight is 292 g/mol. The first-order valence-corrected chi connectivity index (χ1v) is 6.94. The van der Waals surface area contributed by atoms with Gasteiger partial charge < -0.3 is 20.5 Å². The number of aliphatic carboxylic acids is 1. The molecule has 1 unspecified atom stereocenters. The first-order chi connectivity index (χ1) is 10.1. The Labute approximate surface area is 123 Å². The van der Waals surface area contributed by atoms with Crippen LogP contribution in [0.15, 0.2) is 24.3 Å². The summed E-state index contributed by atoms with van der Waals surface area (Å²) in [5.74, 6) is -1.33. The number of nitrogens with one attached hydrogen (secondary N) is 2. The van der Waals surface area contributed by atoms with Gasteiger partial charge in [0.05, 0.1) is 6.04 Å². The van der Waals surface area contributed by atoms with Crippen LogP contribution >= 0.6 is 0 Å². The fraction of sp³-hybridized carbons (Fsp3) is 0.467. The number of carbonyl (C=O) groups is 2. The fourth-order valence-electron chi connectivity index (χ4n) is 2.41. The van der Waals surface area contributed by atoms with Crippen LogP contribution < -0.4 is 10.6 Å². The maximum absolute atomic E-state index is 12.2. The number of ether oxygens (including phenoxy) is 1. The molecule has 21 heavy (non-hydrogen) atoms. The summed E-state index contributed by atoms with van der Waals surface area (Å²) in [5.41, 5.74) is 2.30. The number of carboxylic acid groups (broad SMARTS) is 1. The minimum Gasteiger partial charge on any atom is -0.480 e. The molecule has 1 aromatic rings. The first kappa shape index (κ1) is 15.5. The van der Waals surface area contributed by atoms with Crippen molar-refractivity contribution < 1.29 is 19.4 Å². The average Bonchev–Trinajstić information content (AvgIpc) is 2.50. The van der Waals surface area contributed by atoms with Crippen molar-refractivity contribution in [1.29, 1.82) is 0 Å². The zero-order chi connectivity index (χ0) is 15.2. The maximum atomic E-state index is 12.2. The van der Waals surface area contributed by atoms with Gasteiger partial charge in [0.15, 0.2) is 0 Å². The van der Waals surface area contributed by atoms with Gasteiger partial charge in [-0.05, 0) is 17.5 Å². The molecule has 0 fully saturated rings. The molecular weight excluding hydrogens is 272 g/mol. The number of amides is 1. The second-order valence-corrected chi connectivity index (χ2v) is 5.09. The van der Waals surface area contributed by atoms with E-state index in [0.29, 0.717) is 13.0 Å². The van der Waals surface area contributed by atoms with Crippen molar-refractivity contribution in [3.63, 3.8) is 0 Å². The van der Waals surface area contributed by atoms with Crippen molar-refractivity contribution in [2.45, 2.75) is 31.5 Å². The van der Waals surface area contributed by atoms with Crippen molar-refractivity contribution in [2.75, 3.05) is 13.7 Å². The summed E-state index contributed by atoms with van der Waals surface area (Å²) >= 11 is 0. The van der Waals surface area contributed by atoms with E-state index in [0.717, 1.165) is 5.56 Å². The second-order valence-electron chi connectivity index (χ2n) is 5.09. The van der Waals surface area contributed by atoms with E-state index in [-0.39, 0.29) is 18.9 Å². The van der Waals surface area contributed by atoms with Crippen LogP contribution in [0.5, 0.6) is 0 Å². The van der Waals surface area contributed by atoms with E-state index < -0.39 is 18.1 Å². The normalized spacial score (nSPS) is 18.6. The summed E-state index contributed by atoms with van der Waals surface area (Å²) in [7, 11) is 1.50. The number of carbonyl (C=O) groups excluding carboxylic acids is 1. The zero-order valence-corrected chi connectivity index (χ0v) is 12.0. The van der Waals surface area contributed by atoms with E-state index in [1.165, 1.54) is 12.7 Å². The lowest BCUT2D eigenvalue weighted by molar-refractivity contribution is -0.142. The summed E-state index contributed by atoms with van der Waals surface area (Å²) in [5, 5.41) is 14.8. The molecule has 6 heteroatoms. The highest BCUT2D eigenvalue weighted by Gasteiger charge is 2.27. The fourth-order valence-corrected chi connectivity index (χ4v) is 2.41. The Morgan fingerprint density at radius 2 is 2.14 bits per heavy atom. The smallest absolute Gasteiger partial charge is 0.326 e. The molecule has 1 aliphatic heterocycles. The van der Waals surface area contributed by atoms with Crippen LogP contribution in [0.25, 0.3) is 0 Å². The van der Waals surface area contributed by atoms with Gasteiger partial charge in [0.1, 0.15) is 6.04 Å². The Hall–Kier alpha value is -1.92. The lowest BCUT2D eigenvalue weighted by Crippen LogP contribution is -2.52. The van der Waals surface area contributed by atoms with Crippen LogP contribution in [0.2, 0.25) is 0 Å². The number of hydrogen-bond acceptors (Lipinski definition) is 4. The van der Waals surface area contributed by atoms with Gasteiger partial charge in [-0.25, -0.2) is 4.79 Å². The van der Waals surface area contributed by atoms with Crippen LogP contribution in [0.1, 0.15) is 17.5 Å². The standard InChI is InChI=1S/C15H20N2O4/c1-21-7-6-12(15(19)20)17-14(18)13-8-10-4-2-3-5-11(10)9-16-13/h2-5,12-13,16H,6-9H2,1H3,(H,17,18)(H,19,20)/t12?,13-/m1/s1. The summed E-state index contributed by atoms with van der Waals surface area (Å²) in [6, 6.07) is 6.61. The molecule has 2 atom stereocenters. The molecule has 0 saturated heterocycles. The molecule has 6 nitrogen and oxygen atoms in total. The van der Waals surface area contributed by atoms with Crippen LogP contribution in [0.3, 0.4) is 0 Å². The molecule has 0 saturated carbocycles. The Balaban J connectivity index is 1.96. The van der Waals surface area contributed by atoms with Crippen LogP contribution in [-0.4, -0.2) is 42.8 Å². The molecule has 0 spiro atoms. The highest BCUT2D eigenvalue weighted by molar-refractivity contribution is 5.87. The lowest BCUT2D eigenvalue weighted by atomic mass is 9.95. The molecule has 0 radical (unpaired) electrons. The first-order valence-electron chi connectivity index (χ1n) is 6.94. The molecule has 2 rings (SSSR count). The van der Waals surface area contributed by atoms with Gasteiger partial charge in [-0.15, -0.1) is 0 Å². The van der Waals surface area contributed by atoms with Crippen molar-refractivity contribution >= 4 is 11.9 Å². The van der Waals surface area contributed by atoms with Gasteiger partial charge in [0, 0.05) is 26.7 Å². The van der Waals surface area contributed by atoms with Crippen molar-refractivity contribution in [3.8, 4) is 0 Å². The minimum atomic E-state index is -1.04. The highest BCUT2D eigenvalue weighted by atomic mass is 16.5. The SMILES string of the molecule is COCCC(NC(=O)[C@H]1Cc2ccccc2CN1)C(=O)O. The highest BCUT2D eigenvalue weighted by Crippen LogP contribution is 2.16. The number of hydrogen-bond donors (Lipinski definition) is 3. The minimum absolute atomic E-state index is 0.251. The predicted molar refractivity (Wildman–Crippen MR) is 76.8 cm³/mol. The predicted octanol–water partition coefficient (Wildman–Crippen LogP) is 0.307. The van der Waals surface area contributed by atoms with Gasteiger partial charge in [-0.1, -0.05) is 24.3 Å². The molecule has 1 aromatic carbocycles. The number of carboxylic acids is 1. The monoisotopic (exact) mass is 292 g/mol. The topological polar surface area (TPSA) is 87.7 Å². The van der Waals surface area contributed by atoms with Gasteiger partial charge in [-0.2, -0.15) is 0 Å². The van der Waals surface area contributed by atoms with Gasteiger partial charge in [-0.3, -0.25) is 4.79 Å². The Bertz CT molecular complexity index is 518. The van der Waals surface area contributed by atoms with Crippen LogP contribution in [-0.2, 0) is 27.3 Å². The number of rotatable bonds is 6. The molecule has 1 aliphatic rings. The molecule has 1 heterocycles. The summed E-state index contributed by atoms with van der Waals surface area (Å²) in [6.45, 7) is 0.905. The third-order valence-electron chi connectivity index (χ3n) is 3.62. The molecule has 0 aromatic heterocycles. The summed E-state index contributed by atoms with van der Waals surface area (Å²) < 4.78 is 4.87. The van der Waals surface area contributed by atoms with Crippen molar-refractivity contribution in [1.82, 2.24) is 10.6 Å². The lowest BCUT2D eigenvalue weighted by Gasteiger charge is -2.26. The molecule has 114 valence electrons. The molecular formula is C15H20N2O4. The van der Waals surface area contributed by atoms with Gasteiger partial charge in [0.2, 0.25) is 5.91 Å². The van der Waals surface area contributed by atoms with E-state index in [1.54, 1.807) is 0 Å². The summed E-state index contributed by atoms with van der Waals surface area (Å²) in [6.07, 6.45) is 0.819. The second kappa shape index (κ2) is 7.19. The summed E-state index contributed by atoms with van der Waals surface area (Å²) in [4.78, 5) is 23.3. The quantitative estimate of drug-likeness (QED) is 0.702. The largest absolute Gasteiger partial charge is 0.480 e. The van der Waals surface area contributed by atoms with Crippen molar-refractivity contribution in [2.24, 2.45) is 0 Å². The van der Waals surface area contributed by atoms with Crippen LogP contribution in [0.4, 0.5) is 0 Å². The number of methoxy groups -OCH3 is 1. The number of fused-ring (bicyclic) bond motifs is 1. The van der Waals surface area contributed by atoms with Gasteiger partial charge in [0.25, 0.3) is 0 Å². The zero-order valence-electron chi connectivity index (χ0n) is 12.0. The van der Waals surface area contributed by atoms with Crippen LogP contribution in [0, 0.1) is 0 Å². The van der Waals surface area contributed by atoms with E-state index in [4.69, 9.17) is 9.84 Å². The van der Waals surface area contributed by atoms with E-state index in [9.17, 15) is 9.59 Å². The van der Waals surface area contributed by atoms with Gasteiger partial charge >= 0.3 is 5.97 Å². The Kier molecular flexibility index (Phi) is 5.30. The maximum Gasteiger partial charge on any atom is 0.326 e. The number of benzene rings is 1. The third-order valence-corrected chi connectivity index (χ3v) is 3.62.